The first-order valence-corrected chi connectivity index (χ1v) is 8.43. The van der Waals surface area contributed by atoms with Gasteiger partial charge in [-0.2, -0.15) is 0 Å². The molecule has 0 aliphatic carbocycles. The third-order valence-electron chi connectivity index (χ3n) is 4.49. The van der Waals surface area contributed by atoms with Gasteiger partial charge in [-0.25, -0.2) is 0 Å². The van der Waals surface area contributed by atoms with Gasteiger partial charge in [0.1, 0.15) is 0 Å². The van der Waals surface area contributed by atoms with Gasteiger partial charge in [0.15, 0.2) is 0 Å². The molecule has 0 aromatic heterocycles. The maximum Gasteiger partial charge on any atom is 0.270 e. The summed E-state index contributed by atoms with van der Waals surface area (Å²) >= 11 is 0. The molecule has 6 heteroatoms. The summed E-state index contributed by atoms with van der Waals surface area (Å²) < 4.78 is 0. The van der Waals surface area contributed by atoms with Crippen LogP contribution in [-0.2, 0) is 4.79 Å². The molecule has 2 rings (SSSR count). The molecule has 0 bridgehead atoms. The van der Waals surface area contributed by atoms with Crippen molar-refractivity contribution in [2.45, 2.75) is 32.2 Å². The minimum absolute atomic E-state index is 0.0289. The minimum Gasteiger partial charge on any atom is -0.339 e. The van der Waals surface area contributed by atoms with Crippen molar-refractivity contribution in [3.63, 3.8) is 0 Å². The number of benzene rings is 1. The van der Waals surface area contributed by atoms with Gasteiger partial charge in [-0.05, 0) is 37.4 Å². The Morgan fingerprint density at radius 3 is 2.75 bits per heavy atom. The molecule has 0 spiro atoms. The van der Waals surface area contributed by atoms with E-state index in [1.54, 1.807) is 23.1 Å². The van der Waals surface area contributed by atoms with Crippen molar-refractivity contribution in [2.24, 2.45) is 0 Å². The molecular weight excluding hydrogens is 306 g/mol. The number of carbonyl (C=O) groups excluding carboxylic acids is 1. The van der Waals surface area contributed by atoms with Crippen LogP contribution in [0.2, 0.25) is 0 Å². The van der Waals surface area contributed by atoms with Crippen molar-refractivity contribution in [2.75, 3.05) is 26.7 Å². The third-order valence-corrected chi connectivity index (χ3v) is 4.49. The molecule has 1 saturated heterocycles. The zero-order valence-electron chi connectivity index (χ0n) is 14.4. The van der Waals surface area contributed by atoms with Gasteiger partial charge in [-0.1, -0.05) is 19.1 Å². The number of nitro groups is 1. The van der Waals surface area contributed by atoms with Gasteiger partial charge in [-0.3, -0.25) is 14.9 Å². The molecule has 1 heterocycles. The van der Waals surface area contributed by atoms with E-state index in [0.29, 0.717) is 5.56 Å². The first kappa shape index (κ1) is 18.1. The van der Waals surface area contributed by atoms with Crippen molar-refractivity contribution < 1.29 is 9.72 Å². The van der Waals surface area contributed by atoms with Crippen LogP contribution in [-0.4, -0.2) is 53.4 Å². The number of hydrogen-bond acceptors (Lipinski definition) is 4. The molecule has 1 fully saturated rings. The number of non-ortho nitro benzene ring substituents is 1. The third kappa shape index (κ3) is 4.89. The van der Waals surface area contributed by atoms with E-state index in [1.165, 1.54) is 18.2 Å². The fourth-order valence-electron chi connectivity index (χ4n) is 3.05. The lowest BCUT2D eigenvalue weighted by Gasteiger charge is -2.36. The normalized spacial score (nSPS) is 16.4. The van der Waals surface area contributed by atoms with Crippen LogP contribution in [0.1, 0.15) is 31.7 Å². The van der Waals surface area contributed by atoms with E-state index in [-0.39, 0.29) is 17.6 Å². The second-order valence-electron chi connectivity index (χ2n) is 6.21. The van der Waals surface area contributed by atoms with Gasteiger partial charge < -0.3 is 9.80 Å². The first-order chi connectivity index (χ1) is 11.5. The number of likely N-dealkylation sites (N-methyl/N-ethyl adjacent to an activating group) is 1. The zero-order chi connectivity index (χ0) is 17.5. The molecule has 0 atom stereocenters. The minimum atomic E-state index is -0.435. The van der Waals surface area contributed by atoms with Gasteiger partial charge in [0.05, 0.1) is 4.92 Å². The Balaban J connectivity index is 1.92. The Bertz CT molecular complexity index is 607. The molecule has 0 unspecified atom stereocenters. The van der Waals surface area contributed by atoms with Crippen LogP contribution in [0.4, 0.5) is 5.69 Å². The summed E-state index contributed by atoms with van der Waals surface area (Å²) in [6, 6.07) is 6.54. The fraction of sp³-hybridized carbons (Fsp3) is 0.500. The molecule has 6 nitrogen and oxygen atoms in total. The van der Waals surface area contributed by atoms with Crippen molar-refractivity contribution in [3.8, 4) is 0 Å². The highest BCUT2D eigenvalue weighted by molar-refractivity contribution is 5.91. The van der Waals surface area contributed by atoms with E-state index >= 15 is 0 Å². The predicted molar refractivity (Wildman–Crippen MR) is 94.7 cm³/mol. The van der Waals surface area contributed by atoms with E-state index in [2.05, 4.69) is 11.8 Å². The van der Waals surface area contributed by atoms with Crippen molar-refractivity contribution in [1.82, 2.24) is 9.80 Å². The van der Waals surface area contributed by atoms with Crippen LogP contribution in [0, 0.1) is 10.1 Å². The number of piperidine rings is 1. The number of hydrogen-bond donors (Lipinski definition) is 0. The average molecular weight is 331 g/mol. The SMILES string of the molecule is CCCN1CCC(N(C)C(=O)/C=C/c2cccc([N+](=O)[O-])c2)CC1. The molecular formula is C18H25N3O3. The smallest absolute Gasteiger partial charge is 0.270 e. The van der Waals surface area contributed by atoms with Crippen molar-refractivity contribution in [1.29, 1.82) is 0 Å². The highest BCUT2D eigenvalue weighted by Crippen LogP contribution is 2.17. The lowest BCUT2D eigenvalue weighted by atomic mass is 10.0. The molecule has 130 valence electrons. The molecule has 0 radical (unpaired) electrons. The molecule has 1 aromatic rings. The van der Waals surface area contributed by atoms with E-state index < -0.39 is 4.92 Å². The number of amides is 1. The number of carbonyl (C=O) groups is 1. The fourth-order valence-corrected chi connectivity index (χ4v) is 3.05. The molecule has 1 aliphatic rings. The van der Waals surface area contributed by atoms with Crippen molar-refractivity contribution in [3.05, 3.63) is 46.0 Å². The number of rotatable bonds is 6. The molecule has 0 N–H and O–H groups in total. The summed E-state index contributed by atoms with van der Waals surface area (Å²) in [4.78, 5) is 26.9. The van der Waals surface area contributed by atoms with E-state index in [9.17, 15) is 14.9 Å². The Morgan fingerprint density at radius 1 is 1.42 bits per heavy atom. The highest BCUT2D eigenvalue weighted by Gasteiger charge is 2.23. The summed E-state index contributed by atoms with van der Waals surface area (Å²) in [5.74, 6) is -0.0598. The highest BCUT2D eigenvalue weighted by atomic mass is 16.6. The second-order valence-corrected chi connectivity index (χ2v) is 6.21. The Labute approximate surface area is 142 Å². The predicted octanol–water partition coefficient (Wildman–Crippen LogP) is 2.94. The van der Waals surface area contributed by atoms with Crippen LogP contribution in [0.5, 0.6) is 0 Å². The van der Waals surface area contributed by atoms with Gasteiger partial charge in [-0.15, -0.1) is 0 Å². The topological polar surface area (TPSA) is 66.7 Å². The number of nitro benzene ring substituents is 1. The van der Waals surface area contributed by atoms with Gasteiger partial charge >= 0.3 is 0 Å². The lowest BCUT2D eigenvalue weighted by Crippen LogP contribution is -2.45. The lowest BCUT2D eigenvalue weighted by molar-refractivity contribution is -0.384. The Hall–Kier alpha value is -2.21. The van der Waals surface area contributed by atoms with E-state index in [4.69, 9.17) is 0 Å². The Kier molecular flexibility index (Phi) is 6.49. The molecule has 0 saturated carbocycles. The van der Waals surface area contributed by atoms with E-state index in [1.807, 2.05) is 7.05 Å². The molecule has 24 heavy (non-hydrogen) atoms. The van der Waals surface area contributed by atoms with Crippen LogP contribution >= 0.6 is 0 Å². The van der Waals surface area contributed by atoms with Crippen LogP contribution < -0.4 is 0 Å². The van der Waals surface area contributed by atoms with Gasteiger partial charge in [0.2, 0.25) is 5.91 Å². The molecule has 1 aliphatic heterocycles. The van der Waals surface area contributed by atoms with Gasteiger partial charge in [0, 0.05) is 44.4 Å². The first-order valence-electron chi connectivity index (χ1n) is 8.43. The number of nitrogens with zero attached hydrogens (tertiary/aromatic N) is 3. The summed E-state index contributed by atoms with van der Waals surface area (Å²) in [5, 5.41) is 10.8. The molecule has 1 aromatic carbocycles. The maximum atomic E-state index is 12.3. The van der Waals surface area contributed by atoms with Gasteiger partial charge in [0.25, 0.3) is 5.69 Å². The summed E-state index contributed by atoms with van der Waals surface area (Å²) in [6.07, 6.45) is 6.28. The summed E-state index contributed by atoms with van der Waals surface area (Å²) in [6.45, 7) is 5.37. The summed E-state index contributed by atoms with van der Waals surface area (Å²) in [5.41, 5.74) is 0.685. The quantitative estimate of drug-likeness (QED) is 0.457. The van der Waals surface area contributed by atoms with Crippen LogP contribution in [0.25, 0.3) is 6.08 Å². The van der Waals surface area contributed by atoms with Crippen LogP contribution in [0.15, 0.2) is 30.3 Å². The Morgan fingerprint density at radius 2 is 2.12 bits per heavy atom. The molecule has 1 amide bonds. The standard InChI is InChI=1S/C18H25N3O3/c1-3-11-20-12-9-16(10-13-20)19(2)18(22)8-7-15-5-4-6-17(14-15)21(23)24/h4-8,14,16H,3,9-13H2,1-2H3/b8-7+. The maximum absolute atomic E-state index is 12.3. The summed E-state index contributed by atoms with van der Waals surface area (Å²) in [7, 11) is 1.83. The van der Waals surface area contributed by atoms with Crippen LogP contribution in [0.3, 0.4) is 0 Å². The number of likely N-dealkylation sites (tertiary alicyclic amines) is 1. The zero-order valence-corrected chi connectivity index (χ0v) is 14.4. The second kappa shape index (κ2) is 8.59. The van der Waals surface area contributed by atoms with E-state index in [0.717, 1.165) is 38.9 Å². The largest absolute Gasteiger partial charge is 0.339 e. The monoisotopic (exact) mass is 331 g/mol. The van der Waals surface area contributed by atoms with Crippen molar-refractivity contribution >= 4 is 17.7 Å². The average Bonchev–Trinajstić information content (AvgIpc) is 2.60.